The fourth-order valence-corrected chi connectivity index (χ4v) is 4.79. The summed E-state index contributed by atoms with van der Waals surface area (Å²) in [6.45, 7) is 1.35. The monoisotopic (exact) mass is 389 g/mol. The molecule has 2 heterocycles. The van der Waals surface area contributed by atoms with Crippen LogP contribution >= 0.6 is 0 Å². The number of nitrogens with one attached hydrogen (secondary N) is 1. The number of fused-ring (bicyclic) bond motifs is 2. The molecule has 0 atom stereocenters. The highest BCUT2D eigenvalue weighted by Gasteiger charge is 2.42. The number of benzene rings is 2. The maximum Gasteiger partial charge on any atom is 0.253 e. The highest BCUT2D eigenvalue weighted by molar-refractivity contribution is 5.99. The minimum Gasteiger partial charge on any atom is -0.497 e. The van der Waals surface area contributed by atoms with E-state index in [-0.39, 0.29) is 17.1 Å². The Morgan fingerprint density at radius 3 is 2.69 bits per heavy atom. The molecular formula is C23H23N3O3. The summed E-state index contributed by atoms with van der Waals surface area (Å²) in [7, 11) is 1.64. The van der Waals surface area contributed by atoms with Crippen molar-refractivity contribution in [2.45, 2.75) is 25.7 Å². The van der Waals surface area contributed by atoms with Gasteiger partial charge in [0.25, 0.3) is 5.91 Å². The van der Waals surface area contributed by atoms with E-state index in [9.17, 15) is 9.59 Å². The van der Waals surface area contributed by atoms with Crippen molar-refractivity contribution in [1.29, 1.82) is 0 Å². The zero-order valence-electron chi connectivity index (χ0n) is 16.4. The number of aromatic nitrogens is 2. The minimum absolute atomic E-state index is 0.0402. The van der Waals surface area contributed by atoms with E-state index in [2.05, 4.69) is 10.2 Å². The summed E-state index contributed by atoms with van der Waals surface area (Å²) < 4.78 is 5.30. The summed E-state index contributed by atoms with van der Waals surface area (Å²) in [5, 5.41) is 8.94. The van der Waals surface area contributed by atoms with E-state index in [1.165, 1.54) is 0 Å². The van der Waals surface area contributed by atoms with E-state index in [1.54, 1.807) is 13.3 Å². The van der Waals surface area contributed by atoms with Crippen molar-refractivity contribution in [1.82, 2.24) is 15.1 Å². The molecule has 1 amide bonds. The zero-order valence-corrected chi connectivity index (χ0v) is 16.4. The van der Waals surface area contributed by atoms with Crippen molar-refractivity contribution in [2.75, 3.05) is 20.2 Å². The highest BCUT2D eigenvalue weighted by atomic mass is 16.5. The van der Waals surface area contributed by atoms with Crippen LogP contribution in [0.2, 0.25) is 0 Å². The molecule has 1 aromatic heterocycles. The molecule has 0 radical (unpaired) electrons. The van der Waals surface area contributed by atoms with E-state index in [0.29, 0.717) is 30.8 Å². The normalized spacial score (nSPS) is 18.1. The summed E-state index contributed by atoms with van der Waals surface area (Å²) in [6.07, 6.45) is 4.87. The minimum atomic E-state index is -0.0402. The number of ketones is 1. The second-order valence-corrected chi connectivity index (χ2v) is 8.27. The van der Waals surface area contributed by atoms with Gasteiger partial charge in [-0.05, 0) is 59.7 Å². The van der Waals surface area contributed by atoms with Crippen LogP contribution in [0.1, 0.15) is 45.7 Å². The Bertz CT molecular complexity index is 1110. The number of likely N-dealkylation sites (tertiary alicyclic amines) is 1. The third-order valence-electron chi connectivity index (χ3n) is 6.50. The quantitative estimate of drug-likeness (QED) is 0.726. The van der Waals surface area contributed by atoms with E-state index >= 15 is 0 Å². The zero-order chi connectivity index (χ0) is 20.0. The standard InChI is InChI=1S/C23H23N3O3/c1-29-19-5-4-15-2-3-16(10-17(15)11-19)22(28)26-8-6-23(7-9-26)12-18-14-24-25-21(18)20(27)13-23/h2-5,10-11,14H,6-9,12-13H2,1H3,(H,24,25). The Morgan fingerprint density at radius 2 is 1.90 bits per heavy atom. The lowest BCUT2D eigenvalue weighted by atomic mass is 9.67. The molecule has 148 valence electrons. The van der Waals surface area contributed by atoms with Gasteiger partial charge in [0.1, 0.15) is 11.4 Å². The molecule has 5 rings (SSSR count). The van der Waals surface area contributed by atoms with Crippen LogP contribution in [0.3, 0.4) is 0 Å². The molecule has 1 aliphatic carbocycles. The topological polar surface area (TPSA) is 75.3 Å². The molecule has 1 spiro atoms. The highest BCUT2D eigenvalue weighted by Crippen LogP contribution is 2.43. The molecule has 6 heteroatoms. The molecule has 1 saturated heterocycles. The van der Waals surface area contributed by atoms with Crippen LogP contribution in [0.4, 0.5) is 0 Å². The number of carbonyl (C=O) groups excluding carboxylic acids is 2. The van der Waals surface area contributed by atoms with Crippen LogP contribution in [0.5, 0.6) is 5.75 Å². The Morgan fingerprint density at radius 1 is 1.10 bits per heavy atom. The Labute approximate surface area is 168 Å². The third-order valence-corrected chi connectivity index (χ3v) is 6.50. The van der Waals surface area contributed by atoms with Gasteiger partial charge >= 0.3 is 0 Å². The molecule has 0 saturated carbocycles. The number of ether oxygens (including phenoxy) is 1. The molecule has 2 aromatic carbocycles. The number of nitrogens with zero attached hydrogens (tertiary/aromatic N) is 2. The van der Waals surface area contributed by atoms with Crippen LogP contribution < -0.4 is 4.74 Å². The molecular weight excluding hydrogens is 366 g/mol. The third kappa shape index (κ3) is 3.09. The molecule has 0 unspecified atom stereocenters. The smallest absolute Gasteiger partial charge is 0.253 e. The van der Waals surface area contributed by atoms with Gasteiger partial charge in [0.15, 0.2) is 5.78 Å². The average molecular weight is 389 g/mol. The molecule has 3 aromatic rings. The number of rotatable bonds is 2. The predicted molar refractivity (Wildman–Crippen MR) is 109 cm³/mol. The second-order valence-electron chi connectivity index (χ2n) is 8.27. The van der Waals surface area contributed by atoms with Crippen LogP contribution in [0, 0.1) is 5.41 Å². The average Bonchev–Trinajstić information content (AvgIpc) is 3.21. The number of amides is 1. The molecule has 1 aliphatic heterocycles. The molecule has 1 N–H and O–H groups in total. The number of carbonyl (C=O) groups is 2. The Kier molecular flexibility index (Phi) is 4.15. The molecule has 0 bridgehead atoms. The summed E-state index contributed by atoms with van der Waals surface area (Å²) in [5.41, 5.74) is 2.34. The molecule has 2 aliphatic rings. The van der Waals surface area contributed by atoms with Crippen molar-refractivity contribution in [3.05, 3.63) is 59.4 Å². The van der Waals surface area contributed by atoms with Crippen molar-refractivity contribution >= 4 is 22.5 Å². The number of H-pyrrole nitrogens is 1. The SMILES string of the molecule is COc1ccc2ccc(C(=O)N3CCC4(CC3)CC(=O)c3[nH]ncc3C4)cc2c1. The van der Waals surface area contributed by atoms with Gasteiger partial charge in [0, 0.05) is 30.6 Å². The van der Waals surface area contributed by atoms with Gasteiger partial charge in [0.2, 0.25) is 0 Å². The Hall–Kier alpha value is -3.15. The molecule has 29 heavy (non-hydrogen) atoms. The number of hydrogen-bond acceptors (Lipinski definition) is 4. The maximum absolute atomic E-state index is 13.1. The van der Waals surface area contributed by atoms with Crippen LogP contribution in [0.15, 0.2) is 42.6 Å². The Balaban J connectivity index is 1.33. The lowest BCUT2D eigenvalue weighted by Crippen LogP contribution is -2.46. The first-order valence-corrected chi connectivity index (χ1v) is 9.99. The summed E-state index contributed by atoms with van der Waals surface area (Å²) in [4.78, 5) is 27.5. The number of piperidine rings is 1. The number of hydrogen-bond donors (Lipinski definition) is 1. The number of Topliss-reactive ketones (excluding diaryl/α,β-unsaturated/α-hetero) is 1. The van der Waals surface area contributed by atoms with E-state index in [4.69, 9.17) is 4.74 Å². The fraction of sp³-hybridized carbons (Fsp3) is 0.348. The lowest BCUT2D eigenvalue weighted by Gasteiger charge is -2.43. The summed E-state index contributed by atoms with van der Waals surface area (Å²) in [5.74, 6) is 0.977. The van der Waals surface area contributed by atoms with E-state index in [0.717, 1.165) is 41.3 Å². The van der Waals surface area contributed by atoms with Crippen molar-refractivity contribution < 1.29 is 14.3 Å². The first-order chi connectivity index (χ1) is 14.1. The van der Waals surface area contributed by atoms with Crippen LogP contribution in [-0.4, -0.2) is 47.0 Å². The van der Waals surface area contributed by atoms with Crippen LogP contribution in [-0.2, 0) is 6.42 Å². The summed E-state index contributed by atoms with van der Waals surface area (Å²) >= 11 is 0. The second kappa shape index (κ2) is 6.72. The number of methoxy groups -OCH3 is 1. The molecule has 6 nitrogen and oxygen atoms in total. The van der Waals surface area contributed by atoms with Gasteiger partial charge in [-0.15, -0.1) is 0 Å². The van der Waals surface area contributed by atoms with Crippen molar-refractivity contribution in [3.63, 3.8) is 0 Å². The van der Waals surface area contributed by atoms with Gasteiger partial charge in [-0.3, -0.25) is 14.7 Å². The maximum atomic E-state index is 13.1. The van der Waals surface area contributed by atoms with E-state index < -0.39 is 0 Å². The van der Waals surface area contributed by atoms with Crippen molar-refractivity contribution in [2.24, 2.45) is 5.41 Å². The van der Waals surface area contributed by atoms with Gasteiger partial charge < -0.3 is 9.64 Å². The lowest BCUT2D eigenvalue weighted by molar-refractivity contribution is 0.0520. The largest absolute Gasteiger partial charge is 0.497 e. The van der Waals surface area contributed by atoms with Gasteiger partial charge in [-0.1, -0.05) is 12.1 Å². The van der Waals surface area contributed by atoms with Gasteiger partial charge in [-0.25, -0.2) is 0 Å². The fourth-order valence-electron chi connectivity index (χ4n) is 4.79. The molecule has 1 fully saturated rings. The first kappa shape index (κ1) is 17.9. The van der Waals surface area contributed by atoms with Crippen LogP contribution in [0.25, 0.3) is 10.8 Å². The van der Waals surface area contributed by atoms with Crippen molar-refractivity contribution in [3.8, 4) is 5.75 Å². The predicted octanol–water partition coefficient (Wildman–Crippen LogP) is 3.62. The van der Waals surface area contributed by atoms with Gasteiger partial charge in [0.05, 0.1) is 13.3 Å². The first-order valence-electron chi connectivity index (χ1n) is 9.99. The van der Waals surface area contributed by atoms with E-state index in [1.807, 2.05) is 41.3 Å². The summed E-state index contributed by atoms with van der Waals surface area (Å²) in [6, 6.07) is 11.7. The van der Waals surface area contributed by atoms with Gasteiger partial charge in [-0.2, -0.15) is 5.10 Å². The number of aromatic amines is 1.